The van der Waals surface area contributed by atoms with Gasteiger partial charge in [0.15, 0.2) is 0 Å². The van der Waals surface area contributed by atoms with Gasteiger partial charge in [-0.05, 0) is 62.1 Å². The van der Waals surface area contributed by atoms with Crippen LogP contribution in [0.2, 0.25) is 5.02 Å². The van der Waals surface area contributed by atoms with Gasteiger partial charge in [0.05, 0.1) is 11.9 Å². The van der Waals surface area contributed by atoms with Crippen LogP contribution in [0.25, 0.3) is 0 Å². The lowest BCUT2D eigenvalue weighted by atomic mass is 9.95. The van der Waals surface area contributed by atoms with Gasteiger partial charge in [-0.25, -0.2) is 8.42 Å². The van der Waals surface area contributed by atoms with Gasteiger partial charge in [0.2, 0.25) is 21.8 Å². The minimum absolute atomic E-state index is 0.0972. The quantitative estimate of drug-likeness (QED) is 0.438. The fraction of sp³-hybridized carbons (Fsp3) is 0.462. The molecule has 0 saturated heterocycles. The van der Waals surface area contributed by atoms with Gasteiger partial charge >= 0.3 is 0 Å². The summed E-state index contributed by atoms with van der Waals surface area (Å²) in [6.07, 6.45) is 6.22. The highest BCUT2D eigenvalue weighted by Gasteiger charge is 2.31. The Balaban J connectivity index is 1.89. The van der Waals surface area contributed by atoms with Crippen molar-refractivity contribution in [3.63, 3.8) is 0 Å². The molecule has 0 aliphatic heterocycles. The molecule has 196 valence electrons. The molecule has 36 heavy (non-hydrogen) atoms. The summed E-state index contributed by atoms with van der Waals surface area (Å²) in [5.41, 5.74) is 1.72. The van der Waals surface area contributed by atoms with E-state index in [1.807, 2.05) is 24.3 Å². The van der Waals surface area contributed by atoms with Gasteiger partial charge in [-0.3, -0.25) is 13.9 Å². The topological polar surface area (TPSA) is 86.8 Å². The molecule has 1 saturated carbocycles. The maximum atomic E-state index is 13.7. The first-order valence-corrected chi connectivity index (χ1v) is 15.1. The van der Waals surface area contributed by atoms with E-state index in [4.69, 9.17) is 11.6 Å². The third-order valence-electron chi connectivity index (χ3n) is 6.57. The summed E-state index contributed by atoms with van der Waals surface area (Å²) < 4.78 is 27.4. The average molecular weight is 599 g/mol. The SMILES string of the molecule is Cc1c(Cl)cccc1N(CC(=O)N(Cc1ccc(Br)cc1)C(C)C(=O)NC1CCCCC1)S(C)(=O)=O. The lowest BCUT2D eigenvalue weighted by Gasteiger charge is -2.33. The van der Waals surface area contributed by atoms with E-state index in [2.05, 4.69) is 21.2 Å². The molecule has 0 heterocycles. The Morgan fingerprint density at radius 1 is 1.11 bits per heavy atom. The van der Waals surface area contributed by atoms with E-state index >= 15 is 0 Å². The van der Waals surface area contributed by atoms with E-state index in [1.165, 1.54) is 11.3 Å². The summed E-state index contributed by atoms with van der Waals surface area (Å²) in [6.45, 7) is 3.11. The number of anilines is 1. The molecule has 0 aromatic heterocycles. The number of nitrogens with one attached hydrogen (secondary N) is 1. The van der Waals surface area contributed by atoms with Gasteiger partial charge in [0, 0.05) is 22.1 Å². The average Bonchev–Trinajstić information content (AvgIpc) is 2.83. The maximum Gasteiger partial charge on any atom is 0.244 e. The molecule has 10 heteroatoms. The number of hydrogen-bond donors (Lipinski definition) is 1. The number of halogens is 2. The first-order valence-electron chi connectivity index (χ1n) is 12.0. The van der Waals surface area contributed by atoms with Crippen molar-refractivity contribution >= 4 is 55.1 Å². The molecular weight excluding hydrogens is 566 g/mol. The van der Waals surface area contributed by atoms with Crippen molar-refractivity contribution in [3.05, 3.63) is 63.1 Å². The van der Waals surface area contributed by atoms with Crippen molar-refractivity contribution in [2.24, 2.45) is 0 Å². The number of carbonyl (C=O) groups is 2. The van der Waals surface area contributed by atoms with E-state index in [9.17, 15) is 18.0 Å². The minimum atomic E-state index is -3.81. The molecule has 2 aromatic rings. The van der Waals surface area contributed by atoms with Crippen LogP contribution < -0.4 is 9.62 Å². The van der Waals surface area contributed by atoms with Crippen LogP contribution in [0.3, 0.4) is 0 Å². The zero-order valence-electron chi connectivity index (χ0n) is 20.8. The van der Waals surface area contributed by atoms with Crippen LogP contribution in [0, 0.1) is 6.92 Å². The normalized spacial score (nSPS) is 15.2. The Morgan fingerprint density at radius 2 is 1.75 bits per heavy atom. The van der Waals surface area contributed by atoms with Crippen LogP contribution in [0.4, 0.5) is 5.69 Å². The first kappa shape index (κ1) is 28.5. The molecular formula is C26H33BrClN3O4S. The number of rotatable bonds is 9. The summed E-state index contributed by atoms with van der Waals surface area (Å²) in [5, 5.41) is 3.49. The Morgan fingerprint density at radius 3 is 2.36 bits per heavy atom. The largest absolute Gasteiger partial charge is 0.352 e. The van der Waals surface area contributed by atoms with Crippen molar-refractivity contribution in [2.75, 3.05) is 17.1 Å². The Labute approximate surface area is 227 Å². The lowest BCUT2D eigenvalue weighted by molar-refractivity contribution is -0.139. The summed E-state index contributed by atoms with van der Waals surface area (Å²) in [7, 11) is -3.81. The minimum Gasteiger partial charge on any atom is -0.352 e. The van der Waals surface area contributed by atoms with Crippen LogP contribution in [0.5, 0.6) is 0 Å². The Kier molecular flexibility index (Phi) is 9.83. The predicted molar refractivity (Wildman–Crippen MR) is 148 cm³/mol. The molecule has 0 radical (unpaired) electrons. The molecule has 2 aromatic carbocycles. The summed E-state index contributed by atoms with van der Waals surface area (Å²) in [5.74, 6) is -0.716. The fourth-order valence-electron chi connectivity index (χ4n) is 4.40. The molecule has 1 aliphatic carbocycles. The van der Waals surface area contributed by atoms with Crippen LogP contribution >= 0.6 is 27.5 Å². The van der Waals surface area contributed by atoms with Crippen molar-refractivity contribution in [1.29, 1.82) is 0 Å². The number of benzene rings is 2. The number of sulfonamides is 1. The van der Waals surface area contributed by atoms with E-state index in [0.717, 1.165) is 46.3 Å². The summed E-state index contributed by atoms with van der Waals surface area (Å²) in [4.78, 5) is 28.3. The highest BCUT2D eigenvalue weighted by atomic mass is 79.9. The first-order chi connectivity index (χ1) is 17.0. The molecule has 2 amide bonds. The third-order valence-corrected chi connectivity index (χ3v) is 8.64. The number of carbonyl (C=O) groups excluding carboxylic acids is 2. The van der Waals surface area contributed by atoms with Crippen LogP contribution in [-0.2, 0) is 26.2 Å². The molecule has 1 atom stereocenters. The highest BCUT2D eigenvalue weighted by molar-refractivity contribution is 9.10. The lowest BCUT2D eigenvalue weighted by Crippen LogP contribution is -2.53. The van der Waals surface area contributed by atoms with Crippen molar-refractivity contribution in [2.45, 2.75) is 64.6 Å². The zero-order chi connectivity index (χ0) is 26.5. The van der Waals surface area contributed by atoms with Gasteiger partial charge < -0.3 is 10.2 Å². The zero-order valence-corrected chi connectivity index (χ0v) is 24.0. The van der Waals surface area contributed by atoms with Gasteiger partial charge in [0.1, 0.15) is 12.6 Å². The molecule has 0 bridgehead atoms. The fourth-order valence-corrected chi connectivity index (χ4v) is 5.73. The van der Waals surface area contributed by atoms with Gasteiger partial charge in [0.25, 0.3) is 0 Å². The molecule has 1 aliphatic rings. The van der Waals surface area contributed by atoms with Gasteiger partial charge in [-0.2, -0.15) is 0 Å². The molecule has 1 N–H and O–H groups in total. The maximum absolute atomic E-state index is 13.7. The van der Waals surface area contributed by atoms with Crippen LogP contribution in [-0.4, -0.2) is 50.0 Å². The molecule has 1 fully saturated rings. The van der Waals surface area contributed by atoms with E-state index < -0.39 is 28.5 Å². The van der Waals surface area contributed by atoms with Crippen molar-refractivity contribution in [3.8, 4) is 0 Å². The summed E-state index contributed by atoms with van der Waals surface area (Å²) in [6, 6.07) is 11.7. The molecule has 1 unspecified atom stereocenters. The predicted octanol–water partition coefficient (Wildman–Crippen LogP) is 5.04. The van der Waals surface area contributed by atoms with E-state index in [0.29, 0.717) is 16.3 Å². The molecule has 0 spiro atoms. The number of nitrogens with zero attached hydrogens (tertiary/aromatic N) is 2. The second kappa shape index (κ2) is 12.4. The van der Waals surface area contributed by atoms with Gasteiger partial charge in [-0.1, -0.05) is 65.0 Å². The van der Waals surface area contributed by atoms with E-state index in [-0.39, 0.29) is 18.5 Å². The van der Waals surface area contributed by atoms with Crippen LogP contribution in [0.1, 0.15) is 50.2 Å². The standard InChI is InChI=1S/C26H33BrClN3O4S/c1-18-23(28)10-7-11-24(18)31(36(3,34)35)17-25(32)30(16-20-12-14-21(27)15-13-20)19(2)26(33)29-22-8-5-4-6-9-22/h7,10-15,19,22H,4-6,8-9,16-17H2,1-3H3,(H,29,33). The number of amides is 2. The summed E-state index contributed by atoms with van der Waals surface area (Å²) >= 11 is 9.65. The van der Waals surface area contributed by atoms with E-state index in [1.54, 1.807) is 32.0 Å². The second-order valence-electron chi connectivity index (χ2n) is 9.32. The van der Waals surface area contributed by atoms with Crippen LogP contribution in [0.15, 0.2) is 46.9 Å². The monoisotopic (exact) mass is 597 g/mol. The third kappa shape index (κ3) is 7.46. The van der Waals surface area contributed by atoms with Gasteiger partial charge in [-0.15, -0.1) is 0 Å². The molecule has 7 nitrogen and oxygen atoms in total. The number of hydrogen-bond acceptors (Lipinski definition) is 4. The second-order valence-corrected chi connectivity index (χ2v) is 12.6. The Bertz CT molecular complexity index is 1180. The Hall–Kier alpha value is -2.10. The highest BCUT2D eigenvalue weighted by Crippen LogP contribution is 2.28. The van der Waals surface area contributed by atoms with Crippen molar-refractivity contribution < 1.29 is 18.0 Å². The van der Waals surface area contributed by atoms with Crippen molar-refractivity contribution in [1.82, 2.24) is 10.2 Å². The molecule has 3 rings (SSSR count). The smallest absolute Gasteiger partial charge is 0.244 e.